The first kappa shape index (κ1) is 23.3. The lowest BCUT2D eigenvalue weighted by atomic mass is 10.0. The molecule has 0 bridgehead atoms. The Morgan fingerprint density at radius 3 is 2.41 bits per heavy atom. The Hall–Kier alpha value is -3.90. The Balaban J connectivity index is 1.42. The molecule has 174 valence electrons. The molecule has 0 fully saturated rings. The number of nitrogens with one attached hydrogen (secondary N) is 1. The molecule has 1 aromatic heterocycles. The number of hydrogen-bond acceptors (Lipinski definition) is 3. The molecule has 4 aromatic rings. The summed E-state index contributed by atoms with van der Waals surface area (Å²) >= 11 is 0. The highest BCUT2D eigenvalue weighted by molar-refractivity contribution is 6.00. The van der Waals surface area contributed by atoms with E-state index in [2.05, 4.69) is 19.2 Å². The third kappa shape index (κ3) is 5.35. The fourth-order valence-electron chi connectivity index (χ4n) is 3.93. The summed E-state index contributed by atoms with van der Waals surface area (Å²) < 4.78 is 7.60. The lowest BCUT2D eigenvalue weighted by Gasteiger charge is -2.10. The number of amides is 1. The summed E-state index contributed by atoms with van der Waals surface area (Å²) in [6, 6.07) is 22.9. The lowest BCUT2D eigenvalue weighted by Crippen LogP contribution is -2.19. The van der Waals surface area contributed by atoms with Crippen molar-refractivity contribution in [3.8, 4) is 11.1 Å². The third-order valence-corrected chi connectivity index (χ3v) is 5.78. The Labute approximate surface area is 198 Å². The molecular formula is C28H28N2O4. The van der Waals surface area contributed by atoms with Crippen LogP contribution in [-0.4, -0.2) is 34.8 Å². The zero-order chi connectivity index (χ0) is 24.1. The van der Waals surface area contributed by atoms with E-state index >= 15 is 0 Å². The molecule has 4 rings (SSSR count). The Kier molecular flexibility index (Phi) is 7.09. The topological polar surface area (TPSA) is 80.6 Å². The second-order valence-corrected chi connectivity index (χ2v) is 8.52. The maximum absolute atomic E-state index is 12.3. The number of aromatic nitrogens is 1. The van der Waals surface area contributed by atoms with Crippen molar-refractivity contribution in [1.82, 2.24) is 4.57 Å². The molecule has 0 unspecified atom stereocenters. The van der Waals surface area contributed by atoms with E-state index in [0.29, 0.717) is 19.1 Å². The maximum Gasteiger partial charge on any atom is 0.335 e. The normalized spacial score (nSPS) is 11.1. The molecule has 0 aliphatic rings. The minimum Gasteiger partial charge on any atom is -0.478 e. The van der Waals surface area contributed by atoms with Gasteiger partial charge in [0.1, 0.15) is 6.61 Å². The molecule has 0 saturated carbocycles. The molecule has 34 heavy (non-hydrogen) atoms. The van der Waals surface area contributed by atoms with E-state index in [1.165, 1.54) is 5.56 Å². The number of fused-ring (bicyclic) bond motifs is 1. The SMILES string of the molecule is CC(C)c1ccc(NC(=O)COCCn2cc(-c3ccccc3)c3ccc(C(=O)O)cc32)cc1. The zero-order valence-electron chi connectivity index (χ0n) is 19.3. The first-order chi connectivity index (χ1) is 16.4. The largest absolute Gasteiger partial charge is 0.478 e. The fourth-order valence-corrected chi connectivity index (χ4v) is 3.93. The van der Waals surface area contributed by atoms with Crippen LogP contribution in [0.3, 0.4) is 0 Å². The smallest absolute Gasteiger partial charge is 0.335 e. The van der Waals surface area contributed by atoms with Crippen molar-refractivity contribution >= 4 is 28.5 Å². The van der Waals surface area contributed by atoms with Gasteiger partial charge in [0.2, 0.25) is 5.91 Å². The number of carbonyl (C=O) groups is 2. The van der Waals surface area contributed by atoms with Gasteiger partial charge in [-0.15, -0.1) is 0 Å². The number of hydrogen-bond donors (Lipinski definition) is 2. The average Bonchev–Trinajstić information content (AvgIpc) is 3.20. The molecule has 6 heteroatoms. The van der Waals surface area contributed by atoms with Crippen LogP contribution >= 0.6 is 0 Å². The predicted molar refractivity (Wildman–Crippen MR) is 134 cm³/mol. The number of rotatable bonds is 9. The number of carbonyl (C=O) groups excluding carboxylic acids is 1. The molecule has 0 radical (unpaired) electrons. The van der Waals surface area contributed by atoms with Gasteiger partial charge < -0.3 is 19.7 Å². The van der Waals surface area contributed by atoms with Gasteiger partial charge in [-0.1, -0.05) is 62.4 Å². The summed E-state index contributed by atoms with van der Waals surface area (Å²) in [5, 5.41) is 13.2. The molecule has 6 nitrogen and oxygen atoms in total. The van der Waals surface area contributed by atoms with Crippen LogP contribution in [-0.2, 0) is 16.1 Å². The Bertz CT molecular complexity index is 1290. The highest BCUT2D eigenvalue weighted by atomic mass is 16.5. The van der Waals surface area contributed by atoms with Crippen molar-refractivity contribution in [2.24, 2.45) is 0 Å². The molecule has 1 amide bonds. The van der Waals surface area contributed by atoms with Gasteiger partial charge >= 0.3 is 5.97 Å². The first-order valence-corrected chi connectivity index (χ1v) is 11.3. The van der Waals surface area contributed by atoms with E-state index in [1.54, 1.807) is 12.1 Å². The summed E-state index contributed by atoms with van der Waals surface area (Å²) in [5.41, 5.74) is 5.08. The van der Waals surface area contributed by atoms with Gasteiger partial charge in [-0.3, -0.25) is 4.79 Å². The monoisotopic (exact) mass is 456 g/mol. The Morgan fingerprint density at radius 1 is 1.00 bits per heavy atom. The number of nitrogens with zero attached hydrogens (tertiary/aromatic N) is 1. The van der Waals surface area contributed by atoms with E-state index in [9.17, 15) is 14.7 Å². The van der Waals surface area contributed by atoms with Crippen LogP contribution < -0.4 is 5.32 Å². The molecule has 0 atom stereocenters. The number of carboxylic acids is 1. The summed E-state index contributed by atoms with van der Waals surface area (Å²) in [5.74, 6) is -0.745. The molecule has 3 aromatic carbocycles. The number of anilines is 1. The molecule has 0 saturated heterocycles. The van der Waals surface area contributed by atoms with Crippen LogP contribution in [0.2, 0.25) is 0 Å². The predicted octanol–water partition coefficient (Wildman–Crippen LogP) is 5.79. The van der Waals surface area contributed by atoms with Crippen LogP contribution in [0, 0.1) is 0 Å². The van der Waals surface area contributed by atoms with Gasteiger partial charge in [0, 0.05) is 34.9 Å². The standard InChI is InChI=1S/C28H28N2O4/c1-19(2)20-8-11-23(12-9-20)29-27(31)18-34-15-14-30-17-25(21-6-4-3-5-7-21)24-13-10-22(28(32)33)16-26(24)30/h3-13,16-17,19H,14-15,18H2,1-2H3,(H,29,31)(H,32,33). The van der Waals surface area contributed by atoms with Crippen LogP contribution in [0.1, 0.15) is 35.7 Å². The van der Waals surface area contributed by atoms with Crippen molar-refractivity contribution in [2.45, 2.75) is 26.3 Å². The van der Waals surface area contributed by atoms with Crippen LogP contribution in [0.4, 0.5) is 5.69 Å². The highest BCUT2D eigenvalue weighted by Gasteiger charge is 2.13. The second-order valence-electron chi connectivity index (χ2n) is 8.52. The van der Waals surface area contributed by atoms with Gasteiger partial charge in [-0.25, -0.2) is 4.79 Å². The van der Waals surface area contributed by atoms with E-state index in [1.807, 2.05) is 71.4 Å². The van der Waals surface area contributed by atoms with Gasteiger partial charge in [0.05, 0.1) is 12.2 Å². The number of carboxylic acid groups (broad SMARTS) is 1. The number of aromatic carboxylic acids is 1. The summed E-state index contributed by atoms with van der Waals surface area (Å²) in [7, 11) is 0. The Morgan fingerprint density at radius 2 is 1.74 bits per heavy atom. The first-order valence-electron chi connectivity index (χ1n) is 11.3. The van der Waals surface area contributed by atoms with Crippen molar-refractivity contribution in [1.29, 1.82) is 0 Å². The van der Waals surface area contributed by atoms with Crippen molar-refractivity contribution in [2.75, 3.05) is 18.5 Å². The molecule has 0 aliphatic carbocycles. The minimum atomic E-state index is -0.967. The second kappa shape index (κ2) is 10.4. The van der Waals surface area contributed by atoms with Crippen molar-refractivity contribution < 1.29 is 19.4 Å². The van der Waals surface area contributed by atoms with Gasteiger partial charge in [-0.05, 0) is 41.3 Å². The van der Waals surface area contributed by atoms with Crippen molar-refractivity contribution in [3.63, 3.8) is 0 Å². The third-order valence-electron chi connectivity index (χ3n) is 5.78. The molecule has 2 N–H and O–H groups in total. The van der Waals surface area contributed by atoms with Gasteiger partial charge in [0.25, 0.3) is 0 Å². The van der Waals surface area contributed by atoms with E-state index < -0.39 is 5.97 Å². The average molecular weight is 457 g/mol. The molecular weight excluding hydrogens is 428 g/mol. The molecule has 0 aliphatic heterocycles. The van der Waals surface area contributed by atoms with Gasteiger partial charge in [0.15, 0.2) is 0 Å². The quantitative estimate of drug-likeness (QED) is 0.313. The number of ether oxygens (including phenoxy) is 1. The van der Waals surface area contributed by atoms with Crippen LogP contribution in [0.5, 0.6) is 0 Å². The summed E-state index contributed by atoms with van der Waals surface area (Å²) in [6.07, 6.45) is 2.01. The molecule has 0 spiro atoms. The minimum absolute atomic E-state index is 0.0585. The van der Waals surface area contributed by atoms with E-state index in [0.717, 1.165) is 27.7 Å². The van der Waals surface area contributed by atoms with Gasteiger partial charge in [-0.2, -0.15) is 0 Å². The zero-order valence-corrected chi connectivity index (χ0v) is 19.3. The lowest BCUT2D eigenvalue weighted by molar-refractivity contribution is -0.120. The summed E-state index contributed by atoms with van der Waals surface area (Å²) in [6.45, 7) is 5.00. The maximum atomic E-state index is 12.3. The van der Waals surface area contributed by atoms with Crippen LogP contribution in [0.25, 0.3) is 22.0 Å². The van der Waals surface area contributed by atoms with E-state index in [4.69, 9.17) is 4.74 Å². The van der Waals surface area contributed by atoms with E-state index in [-0.39, 0.29) is 18.1 Å². The number of benzene rings is 3. The highest BCUT2D eigenvalue weighted by Crippen LogP contribution is 2.31. The van der Waals surface area contributed by atoms with Crippen LogP contribution in [0.15, 0.2) is 79.0 Å². The fraction of sp³-hybridized carbons (Fsp3) is 0.214. The summed E-state index contributed by atoms with van der Waals surface area (Å²) in [4.78, 5) is 23.7. The van der Waals surface area contributed by atoms with Crippen molar-refractivity contribution in [3.05, 3.63) is 90.1 Å². The molecule has 1 heterocycles.